The molecule has 2 aromatic heterocycles. The van der Waals surface area contributed by atoms with Gasteiger partial charge in [0.05, 0.1) is 6.54 Å². The molecule has 2 fully saturated rings. The van der Waals surface area contributed by atoms with Crippen molar-refractivity contribution < 1.29 is 4.79 Å². The second-order valence-electron chi connectivity index (χ2n) is 8.91. The number of amides is 1. The average Bonchev–Trinajstić information content (AvgIpc) is 3.31. The molecular formula is C24H30N6OS. The van der Waals surface area contributed by atoms with E-state index in [1.807, 2.05) is 12.3 Å². The zero-order chi connectivity index (χ0) is 21.9. The van der Waals surface area contributed by atoms with Crippen molar-refractivity contribution in [3.05, 3.63) is 53.9 Å². The molecule has 5 rings (SSSR count). The van der Waals surface area contributed by atoms with Gasteiger partial charge in [0.15, 0.2) is 0 Å². The highest BCUT2D eigenvalue weighted by molar-refractivity contribution is 7.17. The molecule has 7 nitrogen and oxygen atoms in total. The lowest BCUT2D eigenvalue weighted by Gasteiger charge is -2.30. The Balaban J connectivity index is 1.17. The van der Waals surface area contributed by atoms with Crippen LogP contribution in [-0.4, -0.2) is 40.3 Å². The third-order valence-corrected chi connectivity index (χ3v) is 7.35. The van der Waals surface area contributed by atoms with E-state index in [9.17, 15) is 4.79 Å². The standard InChI is InChI=1S/C24H30N6OS/c1-17-4-8-20(9-5-17)25-16-21-3-2-12-30(21)24-28-27-23(32-24)29-13-10-19(11-14-29)22(31)26-15-18-6-7-18/h2-5,8-9,12,18-19,25H,6-7,10-11,13-16H2,1H3,(H,26,31). The summed E-state index contributed by atoms with van der Waals surface area (Å²) in [4.78, 5) is 14.7. The molecule has 1 aromatic carbocycles. The molecule has 2 N–H and O–H groups in total. The van der Waals surface area contributed by atoms with Crippen molar-refractivity contribution in [3.8, 4) is 5.13 Å². The van der Waals surface area contributed by atoms with Crippen molar-refractivity contribution >= 4 is 28.1 Å². The summed E-state index contributed by atoms with van der Waals surface area (Å²) in [6, 6.07) is 12.6. The summed E-state index contributed by atoms with van der Waals surface area (Å²) in [5.74, 6) is 1.08. The van der Waals surface area contributed by atoms with Gasteiger partial charge in [0.2, 0.25) is 16.2 Å². The molecule has 1 aliphatic carbocycles. The summed E-state index contributed by atoms with van der Waals surface area (Å²) in [6.07, 6.45) is 6.32. The molecule has 1 aliphatic heterocycles. The molecular weight excluding hydrogens is 420 g/mol. The number of carbonyl (C=O) groups excluding carboxylic acids is 1. The number of piperidine rings is 1. The number of aromatic nitrogens is 3. The van der Waals surface area contributed by atoms with Gasteiger partial charge in [-0.25, -0.2) is 0 Å². The van der Waals surface area contributed by atoms with Crippen LogP contribution >= 0.6 is 11.3 Å². The second kappa shape index (κ2) is 9.32. The predicted molar refractivity (Wildman–Crippen MR) is 128 cm³/mol. The summed E-state index contributed by atoms with van der Waals surface area (Å²) >= 11 is 1.61. The van der Waals surface area contributed by atoms with Gasteiger partial charge in [-0.1, -0.05) is 29.0 Å². The van der Waals surface area contributed by atoms with Crippen LogP contribution in [-0.2, 0) is 11.3 Å². The fourth-order valence-electron chi connectivity index (χ4n) is 4.09. The van der Waals surface area contributed by atoms with Crippen molar-refractivity contribution in [1.29, 1.82) is 0 Å². The Hall–Kier alpha value is -2.87. The molecule has 1 amide bonds. The van der Waals surface area contributed by atoms with Crippen LogP contribution < -0.4 is 15.5 Å². The zero-order valence-corrected chi connectivity index (χ0v) is 19.3. The molecule has 168 valence electrons. The summed E-state index contributed by atoms with van der Waals surface area (Å²) in [6.45, 7) is 5.37. The van der Waals surface area contributed by atoms with Crippen LogP contribution in [0.1, 0.15) is 36.9 Å². The quantitative estimate of drug-likeness (QED) is 0.543. The van der Waals surface area contributed by atoms with E-state index < -0.39 is 0 Å². The average molecular weight is 451 g/mol. The maximum atomic E-state index is 12.4. The molecule has 8 heteroatoms. The van der Waals surface area contributed by atoms with Gasteiger partial charge in [0, 0.05) is 43.1 Å². The van der Waals surface area contributed by atoms with Gasteiger partial charge in [-0.05, 0) is 62.8 Å². The third-order valence-electron chi connectivity index (χ3n) is 6.37. The lowest BCUT2D eigenvalue weighted by atomic mass is 9.96. The molecule has 2 aliphatic rings. The number of anilines is 2. The highest BCUT2D eigenvalue weighted by Gasteiger charge is 2.28. The molecule has 0 atom stereocenters. The molecule has 0 bridgehead atoms. The monoisotopic (exact) mass is 450 g/mol. The lowest BCUT2D eigenvalue weighted by Crippen LogP contribution is -2.41. The van der Waals surface area contributed by atoms with Crippen LogP contribution in [0.3, 0.4) is 0 Å². The van der Waals surface area contributed by atoms with Gasteiger partial charge < -0.3 is 15.5 Å². The molecule has 1 saturated carbocycles. The molecule has 0 spiro atoms. The number of hydrogen-bond donors (Lipinski definition) is 2. The van der Waals surface area contributed by atoms with Crippen molar-refractivity contribution in [2.75, 3.05) is 29.9 Å². The van der Waals surface area contributed by atoms with Gasteiger partial charge in [0.1, 0.15) is 0 Å². The summed E-state index contributed by atoms with van der Waals surface area (Å²) in [5, 5.41) is 17.3. The number of nitrogens with one attached hydrogen (secondary N) is 2. The minimum atomic E-state index is 0.126. The minimum Gasteiger partial charge on any atom is -0.379 e. The molecule has 0 unspecified atom stereocenters. The van der Waals surface area contributed by atoms with Crippen molar-refractivity contribution in [2.45, 2.75) is 39.2 Å². The predicted octanol–water partition coefficient (Wildman–Crippen LogP) is 3.99. The highest BCUT2D eigenvalue weighted by Crippen LogP contribution is 2.30. The first-order valence-electron chi connectivity index (χ1n) is 11.5. The van der Waals surface area contributed by atoms with Gasteiger partial charge in [-0.2, -0.15) is 0 Å². The first-order chi connectivity index (χ1) is 15.7. The van der Waals surface area contributed by atoms with Crippen LogP contribution in [0.15, 0.2) is 42.6 Å². The number of nitrogens with zero attached hydrogens (tertiary/aromatic N) is 4. The van der Waals surface area contributed by atoms with Gasteiger partial charge in [-0.3, -0.25) is 9.36 Å². The van der Waals surface area contributed by atoms with E-state index in [2.05, 4.69) is 67.6 Å². The van der Waals surface area contributed by atoms with Gasteiger partial charge >= 0.3 is 0 Å². The van der Waals surface area contributed by atoms with E-state index in [0.717, 1.165) is 60.0 Å². The van der Waals surface area contributed by atoms with Crippen LogP contribution in [0.2, 0.25) is 0 Å². The van der Waals surface area contributed by atoms with Crippen LogP contribution in [0.25, 0.3) is 5.13 Å². The van der Waals surface area contributed by atoms with E-state index >= 15 is 0 Å². The summed E-state index contributed by atoms with van der Waals surface area (Å²) in [5.41, 5.74) is 3.49. The maximum Gasteiger partial charge on any atom is 0.223 e. The van der Waals surface area contributed by atoms with E-state index in [4.69, 9.17) is 0 Å². The zero-order valence-electron chi connectivity index (χ0n) is 18.5. The van der Waals surface area contributed by atoms with Crippen LogP contribution in [0.4, 0.5) is 10.8 Å². The molecule has 32 heavy (non-hydrogen) atoms. The van der Waals surface area contributed by atoms with E-state index in [-0.39, 0.29) is 11.8 Å². The Morgan fingerprint density at radius 3 is 2.56 bits per heavy atom. The Kier molecular flexibility index (Phi) is 6.12. The Bertz CT molecular complexity index is 1050. The lowest BCUT2D eigenvalue weighted by molar-refractivity contribution is -0.125. The topological polar surface area (TPSA) is 75.1 Å². The largest absolute Gasteiger partial charge is 0.379 e. The summed E-state index contributed by atoms with van der Waals surface area (Å²) < 4.78 is 2.10. The molecule has 1 saturated heterocycles. The Morgan fingerprint density at radius 2 is 1.81 bits per heavy atom. The normalized spacial score (nSPS) is 16.8. The van der Waals surface area contributed by atoms with E-state index in [0.29, 0.717) is 6.54 Å². The highest BCUT2D eigenvalue weighted by atomic mass is 32.1. The fourth-order valence-corrected chi connectivity index (χ4v) is 5.00. The van der Waals surface area contributed by atoms with Gasteiger partial charge in [0.25, 0.3) is 0 Å². The van der Waals surface area contributed by atoms with E-state index in [1.54, 1.807) is 11.3 Å². The van der Waals surface area contributed by atoms with Crippen molar-refractivity contribution in [3.63, 3.8) is 0 Å². The first-order valence-corrected chi connectivity index (χ1v) is 12.3. The SMILES string of the molecule is Cc1ccc(NCc2cccn2-c2nnc(N3CCC(C(=O)NCC4CC4)CC3)s2)cc1. The fraction of sp³-hybridized carbons (Fsp3) is 0.458. The summed E-state index contributed by atoms with van der Waals surface area (Å²) in [7, 11) is 0. The van der Waals surface area contributed by atoms with Crippen LogP contribution in [0, 0.1) is 18.8 Å². The third kappa shape index (κ3) is 4.96. The van der Waals surface area contributed by atoms with Crippen molar-refractivity contribution in [1.82, 2.24) is 20.1 Å². The smallest absolute Gasteiger partial charge is 0.223 e. The van der Waals surface area contributed by atoms with Gasteiger partial charge in [-0.15, -0.1) is 10.2 Å². The van der Waals surface area contributed by atoms with E-state index in [1.165, 1.54) is 18.4 Å². The van der Waals surface area contributed by atoms with Crippen molar-refractivity contribution in [2.24, 2.45) is 11.8 Å². The number of benzene rings is 1. The Labute approximate surface area is 192 Å². The molecule has 3 heterocycles. The maximum absolute atomic E-state index is 12.4. The first kappa shape index (κ1) is 21.0. The molecule has 0 radical (unpaired) electrons. The molecule has 3 aromatic rings. The number of aryl methyl sites for hydroxylation is 1. The number of carbonyl (C=O) groups is 1. The number of hydrogen-bond acceptors (Lipinski definition) is 6. The van der Waals surface area contributed by atoms with Crippen LogP contribution in [0.5, 0.6) is 0 Å². The minimum absolute atomic E-state index is 0.126. The Morgan fingerprint density at radius 1 is 1.06 bits per heavy atom. The second-order valence-corrected chi connectivity index (χ2v) is 9.84. The number of rotatable bonds is 8.